The van der Waals surface area contributed by atoms with Crippen LogP contribution in [0.5, 0.6) is 11.5 Å². The largest absolute Gasteiger partial charge is 0.493 e. The number of alkyl halides is 3. The predicted octanol–water partition coefficient (Wildman–Crippen LogP) is 3.69. The first-order valence-corrected chi connectivity index (χ1v) is 10.3. The van der Waals surface area contributed by atoms with E-state index in [1.165, 1.54) is 19.1 Å². The van der Waals surface area contributed by atoms with Gasteiger partial charge in [-0.1, -0.05) is 17.7 Å². The first kappa shape index (κ1) is 22.5. The van der Waals surface area contributed by atoms with Crippen LogP contribution in [0, 0.1) is 0 Å². The van der Waals surface area contributed by atoms with E-state index in [0.717, 1.165) is 4.68 Å². The monoisotopic (exact) mass is 474 g/mol. The zero-order valence-electron chi connectivity index (χ0n) is 17.4. The number of nitrogens with zero attached hydrogens (tertiary/aromatic N) is 3. The number of nitrogens with one attached hydrogen (secondary N) is 1. The molecule has 2 atom stereocenters. The molecule has 4 rings (SSSR count). The first-order valence-electron chi connectivity index (χ1n) is 9.94. The molecule has 0 bridgehead atoms. The molecule has 32 heavy (non-hydrogen) atoms. The Bertz CT molecular complexity index is 1010. The summed E-state index contributed by atoms with van der Waals surface area (Å²) in [4.78, 5) is 14.3. The number of hydrogen-bond acceptors (Lipinski definition) is 6. The van der Waals surface area contributed by atoms with Gasteiger partial charge in [-0.05, 0) is 17.7 Å². The molecule has 174 valence electrons. The fourth-order valence-corrected chi connectivity index (χ4v) is 4.19. The second-order valence-corrected chi connectivity index (χ2v) is 7.84. The zero-order valence-corrected chi connectivity index (χ0v) is 18.2. The molecule has 2 aliphatic heterocycles. The van der Waals surface area contributed by atoms with Gasteiger partial charge < -0.3 is 24.4 Å². The van der Waals surface area contributed by atoms with Gasteiger partial charge in [0, 0.05) is 19.5 Å². The molecular weight excluding hydrogens is 453 g/mol. The summed E-state index contributed by atoms with van der Waals surface area (Å²) < 4.78 is 58.4. The van der Waals surface area contributed by atoms with Crippen molar-refractivity contribution in [3.8, 4) is 11.5 Å². The van der Waals surface area contributed by atoms with Crippen LogP contribution in [0.15, 0.2) is 18.2 Å². The minimum atomic E-state index is -4.60. The van der Waals surface area contributed by atoms with Crippen LogP contribution in [0.3, 0.4) is 0 Å². The van der Waals surface area contributed by atoms with Crippen molar-refractivity contribution in [3.63, 3.8) is 0 Å². The summed E-state index contributed by atoms with van der Waals surface area (Å²) >= 11 is 6.39. The summed E-state index contributed by atoms with van der Waals surface area (Å²) in [6.07, 6.45) is -4.94. The van der Waals surface area contributed by atoms with E-state index >= 15 is 0 Å². The minimum Gasteiger partial charge on any atom is -0.493 e. The summed E-state index contributed by atoms with van der Waals surface area (Å²) in [7, 11) is 2.92. The average molecular weight is 475 g/mol. The van der Waals surface area contributed by atoms with Gasteiger partial charge in [0.05, 0.1) is 33.5 Å². The highest BCUT2D eigenvalue weighted by Crippen LogP contribution is 2.47. The predicted molar refractivity (Wildman–Crippen MR) is 110 cm³/mol. The van der Waals surface area contributed by atoms with Gasteiger partial charge in [-0.25, -0.2) is 4.68 Å². The van der Waals surface area contributed by atoms with Crippen molar-refractivity contribution in [3.05, 3.63) is 34.5 Å². The van der Waals surface area contributed by atoms with Crippen LogP contribution in [-0.2, 0) is 4.74 Å². The number of carbonyl (C=O) groups is 1. The average Bonchev–Trinajstić information content (AvgIpc) is 3.13. The highest BCUT2D eigenvalue weighted by molar-refractivity contribution is 6.36. The Hall–Kier alpha value is -2.66. The number of morpholine rings is 1. The quantitative estimate of drug-likeness (QED) is 0.728. The van der Waals surface area contributed by atoms with Gasteiger partial charge in [0.2, 0.25) is 0 Å². The summed E-state index contributed by atoms with van der Waals surface area (Å²) in [6.45, 7) is 1.34. The molecule has 8 nitrogen and oxygen atoms in total. The lowest BCUT2D eigenvalue weighted by molar-refractivity contribution is -0.173. The summed E-state index contributed by atoms with van der Waals surface area (Å²) in [5, 5.41) is 6.88. The van der Waals surface area contributed by atoms with Crippen molar-refractivity contribution in [2.24, 2.45) is 0 Å². The van der Waals surface area contributed by atoms with Crippen LogP contribution >= 0.6 is 11.6 Å². The van der Waals surface area contributed by atoms with Crippen LogP contribution in [0.1, 0.15) is 34.6 Å². The number of halogens is 4. The van der Waals surface area contributed by atoms with Crippen molar-refractivity contribution in [1.29, 1.82) is 0 Å². The number of amides is 1. The lowest BCUT2D eigenvalue weighted by atomic mass is 9.96. The number of anilines is 1. The van der Waals surface area contributed by atoms with E-state index in [4.69, 9.17) is 25.8 Å². The number of carbonyl (C=O) groups excluding carboxylic acids is 1. The highest BCUT2D eigenvalue weighted by Gasteiger charge is 2.48. The lowest BCUT2D eigenvalue weighted by Gasteiger charge is -2.33. The Morgan fingerprint density at radius 2 is 1.91 bits per heavy atom. The van der Waals surface area contributed by atoms with Gasteiger partial charge in [0.1, 0.15) is 10.8 Å². The maximum absolute atomic E-state index is 14.0. The van der Waals surface area contributed by atoms with Crippen LogP contribution in [0.2, 0.25) is 5.02 Å². The summed E-state index contributed by atoms with van der Waals surface area (Å²) in [5.74, 6) is 0.284. The second kappa shape index (κ2) is 8.70. The number of ether oxygens (including phenoxy) is 3. The normalized spacial score (nSPS) is 21.0. The van der Waals surface area contributed by atoms with E-state index in [9.17, 15) is 18.0 Å². The van der Waals surface area contributed by atoms with Crippen molar-refractivity contribution in [1.82, 2.24) is 14.7 Å². The highest BCUT2D eigenvalue weighted by atomic mass is 35.5. The second-order valence-electron chi connectivity index (χ2n) is 7.46. The molecule has 2 aliphatic rings. The molecule has 1 saturated heterocycles. The fraction of sp³-hybridized carbons (Fsp3) is 0.500. The molecule has 0 radical (unpaired) electrons. The molecular formula is C20H22ClF3N4O4. The maximum atomic E-state index is 14.0. The third-order valence-electron chi connectivity index (χ3n) is 5.61. The standard InChI is InChI=1S/C20H22ClF3N4O4/c1-30-13-4-3-11(9-14(13)31-2)12-10-15(20(22,23)24)28-18(25-12)16(21)17(26-28)19(29)27-5-7-32-8-6-27/h3-4,9,12,15,25H,5-8,10H2,1-2H3/t12-,15-/m0/s1. The van der Waals surface area contributed by atoms with E-state index in [0.29, 0.717) is 43.4 Å². The molecule has 2 aromatic rings. The smallest absolute Gasteiger partial charge is 0.410 e. The number of benzene rings is 1. The molecule has 0 spiro atoms. The zero-order chi connectivity index (χ0) is 23.0. The van der Waals surface area contributed by atoms with Gasteiger partial charge in [0.25, 0.3) is 5.91 Å². The molecule has 12 heteroatoms. The molecule has 1 aromatic carbocycles. The Labute approximate surface area is 187 Å². The number of aromatic nitrogens is 2. The van der Waals surface area contributed by atoms with E-state index in [1.807, 2.05) is 0 Å². The number of hydrogen-bond donors (Lipinski definition) is 1. The molecule has 0 saturated carbocycles. The lowest BCUT2D eigenvalue weighted by Crippen LogP contribution is -2.41. The Balaban J connectivity index is 1.72. The molecule has 1 fully saturated rings. The SMILES string of the molecule is COc1ccc([C@@H]2C[C@@H](C(F)(F)F)n3nc(C(=O)N4CCOCC4)c(Cl)c3N2)cc1OC. The summed E-state index contributed by atoms with van der Waals surface area (Å²) in [5.41, 5.74) is 0.347. The van der Waals surface area contributed by atoms with E-state index < -0.39 is 24.2 Å². The van der Waals surface area contributed by atoms with Crippen LogP contribution in [0.4, 0.5) is 19.0 Å². The fourth-order valence-electron chi connectivity index (χ4n) is 3.93. The third kappa shape index (κ3) is 4.06. The Morgan fingerprint density at radius 1 is 1.22 bits per heavy atom. The number of fused-ring (bicyclic) bond motifs is 1. The van der Waals surface area contributed by atoms with Gasteiger partial charge in [-0.3, -0.25) is 4.79 Å². The molecule has 0 aliphatic carbocycles. The van der Waals surface area contributed by atoms with E-state index in [1.54, 1.807) is 18.2 Å². The van der Waals surface area contributed by atoms with Crippen molar-refractivity contribution in [2.75, 3.05) is 45.8 Å². The minimum absolute atomic E-state index is 0.0448. The van der Waals surface area contributed by atoms with Gasteiger partial charge in [-0.15, -0.1) is 0 Å². The van der Waals surface area contributed by atoms with Crippen molar-refractivity contribution < 1.29 is 32.2 Å². The third-order valence-corrected chi connectivity index (χ3v) is 5.96. The van der Waals surface area contributed by atoms with Crippen LogP contribution in [-0.4, -0.2) is 67.3 Å². The molecule has 3 heterocycles. The number of rotatable bonds is 4. The maximum Gasteiger partial charge on any atom is 0.410 e. The Morgan fingerprint density at radius 3 is 2.53 bits per heavy atom. The van der Waals surface area contributed by atoms with Gasteiger partial charge in [-0.2, -0.15) is 18.3 Å². The van der Waals surface area contributed by atoms with Gasteiger partial charge in [0.15, 0.2) is 23.2 Å². The molecule has 0 unspecified atom stereocenters. The number of methoxy groups -OCH3 is 2. The van der Waals surface area contributed by atoms with Crippen LogP contribution < -0.4 is 14.8 Å². The molecule has 1 amide bonds. The van der Waals surface area contributed by atoms with E-state index in [2.05, 4.69) is 10.4 Å². The van der Waals surface area contributed by atoms with Crippen molar-refractivity contribution >= 4 is 23.3 Å². The first-order chi connectivity index (χ1) is 15.2. The molecule has 1 N–H and O–H groups in total. The van der Waals surface area contributed by atoms with E-state index in [-0.39, 0.29) is 23.0 Å². The summed E-state index contributed by atoms with van der Waals surface area (Å²) in [6, 6.07) is 2.20. The van der Waals surface area contributed by atoms with Gasteiger partial charge >= 0.3 is 6.18 Å². The topological polar surface area (TPSA) is 77.9 Å². The Kier molecular flexibility index (Phi) is 6.13. The van der Waals surface area contributed by atoms with Crippen LogP contribution in [0.25, 0.3) is 0 Å². The molecule has 1 aromatic heterocycles. The van der Waals surface area contributed by atoms with Crippen molar-refractivity contribution in [2.45, 2.75) is 24.7 Å².